The molecular formula is C11H18O4. The average Bonchev–Trinajstić information content (AvgIpc) is 2.12. The van der Waals surface area contributed by atoms with E-state index in [2.05, 4.69) is 6.58 Å². The zero-order valence-corrected chi connectivity index (χ0v) is 9.70. The summed E-state index contributed by atoms with van der Waals surface area (Å²) in [6, 6.07) is 0. The number of hydrogen-bond acceptors (Lipinski definition) is 4. The smallest absolute Gasteiger partial charge is 0.323 e. The van der Waals surface area contributed by atoms with Crippen molar-refractivity contribution in [3.8, 4) is 0 Å². The average molecular weight is 214 g/mol. The topological polar surface area (TPSA) is 52.6 Å². The van der Waals surface area contributed by atoms with Gasteiger partial charge in [-0.1, -0.05) is 12.7 Å². The molecule has 15 heavy (non-hydrogen) atoms. The minimum atomic E-state index is -1.27. The molecule has 0 aromatic carbocycles. The van der Waals surface area contributed by atoms with Gasteiger partial charge in [-0.3, -0.25) is 9.59 Å². The fourth-order valence-electron chi connectivity index (χ4n) is 0.760. The molecule has 4 nitrogen and oxygen atoms in total. The molecule has 0 heterocycles. The van der Waals surface area contributed by atoms with Crippen LogP contribution in [0.2, 0.25) is 0 Å². The first kappa shape index (κ1) is 13.7. The largest absolute Gasteiger partial charge is 0.462 e. The quantitative estimate of drug-likeness (QED) is 0.397. The van der Waals surface area contributed by atoms with Crippen LogP contribution in [0.1, 0.15) is 27.7 Å². The third-order valence-electron chi connectivity index (χ3n) is 1.70. The number of carbonyl (C=O) groups is 2. The fourth-order valence-corrected chi connectivity index (χ4v) is 0.760. The molecule has 86 valence electrons. The first-order valence-corrected chi connectivity index (χ1v) is 4.81. The van der Waals surface area contributed by atoms with Gasteiger partial charge in [0.25, 0.3) is 0 Å². The van der Waals surface area contributed by atoms with E-state index in [-0.39, 0.29) is 12.7 Å². The summed E-state index contributed by atoms with van der Waals surface area (Å²) < 4.78 is 9.75. The lowest BCUT2D eigenvalue weighted by molar-refractivity contribution is -0.171. The summed E-state index contributed by atoms with van der Waals surface area (Å²) in [4.78, 5) is 23.0. The van der Waals surface area contributed by atoms with Crippen LogP contribution in [0, 0.1) is 5.41 Å². The van der Waals surface area contributed by atoms with E-state index in [9.17, 15) is 9.59 Å². The van der Waals surface area contributed by atoms with Gasteiger partial charge in [-0.05, 0) is 27.7 Å². The first-order chi connectivity index (χ1) is 6.82. The first-order valence-electron chi connectivity index (χ1n) is 4.81. The van der Waals surface area contributed by atoms with E-state index in [0.29, 0.717) is 0 Å². The Kier molecular flexibility index (Phi) is 5.05. The molecule has 0 aliphatic carbocycles. The van der Waals surface area contributed by atoms with Crippen LogP contribution in [0.4, 0.5) is 0 Å². The fraction of sp³-hybridized carbons (Fsp3) is 0.636. The zero-order chi connectivity index (χ0) is 12.1. The number of esters is 2. The van der Waals surface area contributed by atoms with Gasteiger partial charge >= 0.3 is 11.9 Å². The van der Waals surface area contributed by atoms with E-state index in [1.54, 1.807) is 13.8 Å². The summed E-state index contributed by atoms with van der Waals surface area (Å²) in [5.41, 5.74) is -1.27. The van der Waals surface area contributed by atoms with Gasteiger partial charge in [-0.15, -0.1) is 0 Å². The molecule has 0 aliphatic rings. The Morgan fingerprint density at radius 3 is 2.27 bits per heavy atom. The highest BCUT2D eigenvalue weighted by atomic mass is 16.6. The van der Waals surface area contributed by atoms with Crippen LogP contribution in [-0.2, 0) is 19.1 Å². The summed E-state index contributed by atoms with van der Waals surface area (Å²) in [6.45, 7) is 9.91. The molecular weight excluding hydrogens is 196 g/mol. The van der Waals surface area contributed by atoms with Crippen LogP contribution in [0.15, 0.2) is 12.7 Å². The molecule has 0 amide bonds. The highest BCUT2D eigenvalue weighted by Crippen LogP contribution is 2.20. The van der Waals surface area contributed by atoms with Crippen molar-refractivity contribution in [3.05, 3.63) is 12.7 Å². The second-order valence-electron chi connectivity index (χ2n) is 3.97. The van der Waals surface area contributed by atoms with Gasteiger partial charge in [-0.2, -0.15) is 0 Å². The molecule has 0 saturated carbocycles. The van der Waals surface area contributed by atoms with Crippen LogP contribution >= 0.6 is 0 Å². The normalized spacial score (nSPS) is 11.0. The summed E-state index contributed by atoms with van der Waals surface area (Å²) >= 11 is 0. The van der Waals surface area contributed by atoms with Gasteiger partial charge in [-0.25, -0.2) is 0 Å². The number of hydrogen-bond donors (Lipinski definition) is 0. The molecule has 0 radical (unpaired) electrons. The Hall–Kier alpha value is -1.32. The van der Waals surface area contributed by atoms with Crippen molar-refractivity contribution in [2.45, 2.75) is 33.8 Å². The summed E-state index contributed by atoms with van der Waals surface area (Å²) in [6.07, 6.45) is 1.20. The van der Waals surface area contributed by atoms with Crippen molar-refractivity contribution in [3.63, 3.8) is 0 Å². The molecule has 0 N–H and O–H groups in total. The number of carbonyl (C=O) groups excluding carboxylic acids is 2. The van der Waals surface area contributed by atoms with E-state index < -0.39 is 17.4 Å². The van der Waals surface area contributed by atoms with Crippen molar-refractivity contribution >= 4 is 11.9 Å². The third kappa shape index (κ3) is 4.14. The van der Waals surface area contributed by atoms with Crippen LogP contribution in [0.25, 0.3) is 0 Å². The Balaban J connectivity index is 4.44. The van der Waals surface area contributed by atoms with Crippen molar-refractivity contribution in [1.29, 1.82) is 0 Å². The Labute approximate surface area is 90.2 Å². The summed E-state index contributed by atoms with van der Waals surface area (Å²) in [5.74, 6) is -1.18. The number of ether oxygens (including phenoxy) is 2. The van der Waals surface area contributed by atoms with Gasteiger partial charge in [0.1, 0.15) is 6.61 Å². The lowest BCUT2D eigenvalue weighted by atomic mass is 9.94. The molecule has 0 rings (SSSR count). The van der Waals surface area contributed by atoms with Crippen molar-refractivity contribution < 1.29 is 19.1 Å². The zero-order valence-electron chi connectivity index (χ0n) is 9.70. The van der Waals surface area contributed by atoms with E-state index in [1.165, 1.54) is 19.9 Å². The molecule has 0 aromatic rings. The SMILES string of the molecule is C=CCOC(=O)C(C)(C)C(=O)OC(C)C. The Bertz CT molecular complexity index is 253. The molecule has 0 aliphatic heterocycles. The third-order valence-corrected chi connectivity index (χ3v) is 1.70. The number of rotatable bonds is 5. The maximum atomic E-state index is 11.5. The standard InChI is InChI=1S/C11H18O4/c1-6-7-14-9(12)11(4,5)10(13)15-8(2)3/h6,8H,1,7H2,2-5H3. The second-order valence-corrected chi connectivity index (χ2v) is 3.97. The molecule has 0 aromatic heterocycles. The predicted molar refractivity (Wildman–Crippen MR) is 56.2 cm³/mol. The van der Waals surface area contributed by atoms with Crippen LogP contribution in [0.3, 0.4) is 0 Å². The monoisotopic (exact) mass is 214 g/mol. The molecule has 0 fully saturated rings. The lowest BCUT2D eigenvalue weighted by Gasteiger charge is -2.21. The van der Waals surface area contributed by atoms with Gasteiger partial charge in [0.05, 0.1) is 6.10 Å². The van der Waals surface area contributed by atoms with Crippen LogP contribution in [-0.4, -0.2) is 24.6 Å². The van der Waals surface area contributed by atoms with Crippen molar-refractivity contribution in [1.82, 2.24) is 0 Å². The molecule has 0 atom stereocenters. The highest BCUT2D eigenvalue weighted by Gasteiger charge is 2.39. The summed E-state index contributed by atoms with van der Waals surface area (Å²) in [7, 11) is 0. The van der Waals surface area contributed by atoms with Crippen LogP contribution in [0.5, 0.6) is 0 Å². The molecule has 0 bridgehead atoms. The molecule has 0 saturated heterocycles. The maximum absolute atomic E-state index is 11.5. The van der Waals surface area contributed by atoms with Gasteiger partial charge in [0.2, 0.25) is 0 Å². The molecule has 0 spiro atoms. The summed E-state index contributed by atoms with van der Waals surface area (Å²) in [5, 5.41) is 0. The minimum Gasteiger partial charge on any atom is -0.462 e. The lowest BCUT2D eigenvalue weighted by Crippen LogP contribution is -2.37. The minimum absolute atomic E-state index is 0.0945. The Morgan fingerprint density at radius 1 is 1.33 bits per heavy atom. The van der Waals surface area contributed by atoms with E-state index in [1.807, 2.05) is 0 Å². The van der Waals surface area contributed by atoms with Gasteiger partial charge in [0.15, 0.2) is 5.41 Å². The highest BCUT2D eigenvalue weighted by molar-refractivity contribution is 5.99. The maximum Gasteiger partial charge on any atom is 0.323 e. The van der Waals surface area contributed by atoms with E-state index in [4.69, 9.17) is 9.47 Å². The van der Waals surface area contributed by atoms with E-state index in [0.717, 1.165) is 0 Å². The Morgan fingerprint density at radius 2 is 1.87 bits per heavy atom. The van der Waals surface area contributed by atoms with E-state index >= 15 is 0 Å². The predicted octanol–water partition coefficient (Wildman–Crippen LogP) is 1.69. The van der Waals surface area contributed by atoms with Gasteiger partial charge in [0, 0.05) is 0 Å². The second kappa shape index (κ2) is 5.53. The van der Waals surface area contributed by atoms with Crippen LogP contribution < -0.4 is 0 Å². The van der Waals surface area contributed by atoms with Crippen molar-refractivity contribution in [2.75, 3.05) is 6.61 Å². The molecule has 0 unspecified atom stereocenters. The van der Waals surface area contributed by atoms with Gasteiger partial charge < -0.3 is 9.47 Å². The van der Waals surface area contributed by atoms with Crippen molar-refractivity contribution in [2.24, 2.45) is 5.41 Å². The molecule has 4 heteroatoms.